The summed E-state index contributed by atoms with van der Waals surface area (Å²) >= 11 is 0. The van der Waals surface area contributed by atoms with E-state index in [-0.39, 0.29) is 11.3 Å². The maximum Gasteiger partial charge on any atom is 0.180 e. The van der Waals surface area contributed by atoms with Gasteiger partial charge in [-0.15, -0.1) is 0 Å². The maximum atomic E-state index is 12.9. The Hall–Kier alpha value is -1.29. The predicted octanol–water partition coefficient (Wildman–Crippen LogP) is 2.52. The minimum Gasteiger partial charge on any atom is -0.321 e. The average molecular weight is 227 g/mol. The molecule has 0 aliphatic rings. The molecule has 0 aliphatic carbocycles. The lowest BCUT2D eigenvalue weighted by Crippen LogP contribution is -2.42. The molecule has 0 saturated carbocycles. The van der Waals surface area contributed by atoms with Gasteiger partial charge in [-0.2, -0.15) is 0 Å². The minimum atomic E-state index is -1.04. The third kappa shape index (κ3) is 2.64. The number of Topliss-reactive ketones (excluding diaryl/α,β-unsaturated/α-hetero) is 1. The van der Waals surface area contributed by atoms with Crippen molar-refractivity contribution in [1.82, 2.24) is 0 Å². The van der Waals surface area contributed by atoms with Gasteiger partial charge in [-0.3, -0.25) is 4.79 Å². The number of carbonyl (C=O) groups excluding carboxylic acids is 1. The fraction of sp³-hybridized carbons (Fsp3) is 0.417. The summed E-state index contributed by atoms with van der Waals surface area (Å²) in [5.41, 5.74) is 5.43. The number of hydrogen-bond acceptors (Lipinski definition) is 2. The summed E-state index contributed by atoms with van der Waals surface area (Å²) in [5, 5.41) is 0. The lowest BCUT2D eigenvalue weighted by atomic mass is 9.83. The van der Waals surface area contributed by atoms with Crippen LogP contribution >= 0.6 is 0 Å². The molecule has 0 bridgehead atoms. The topological polar surface area (TPSA) is 43.1 Å². The number of benzene rings is 1. The molecule has 2 nitrogen and oxygen atoms in total. The molecule has 0 fully saturated rings. The standard InChI is InChI=1S/C12H15F2NO/c1-12(2,3)11(15)10(16)7-4-5-8(13)9(14)6-7/h4-6,11H,15H2,1-3H3. The maximum absolute atomic E-state index is 12.9. The van der Waals surface area contributed by atoms with Crippen molar-refractivity contribution in [3.8, 4) is 0 Å². The van der Waals surface area contributed by atoms with E-state index in [1.54, 1.807) is 0 Å². The summed E-state index contributed by atoms with van der Waals surface area (Å²) in [6.07, 6.45) is 0. The third-order valence-corrected chi connectivity index (χ3v) is 2.42. The molecule has 0 saturated heterocycles. The van der Waals surface area contributed by atoms with Crippen LogP contribution in [0.5, 0.6) is 0 Å². The molecule has 88 valence electrons. The van der Waals surface area contributed by atoms with Crippen LogP contribution in [-0.2, 0) is 0 Å². The molecule has 0 spiro atoms. The second-order valence-corrected chi connectivity index (χ2v) is 4.84. The highest BCUT2D eigenvalue weighted by Gasteiger charge is 2.28. The molecule has 2 N–H and O–H groups in total. The predicted molar refractivity (Wildman–Crippen MR) is 58.1 cm³/mol. The van der Waals surface area contributed by atoms with E-state index in [0.29, 0.717) is 0 Å². The molecular weight excluding hydrogens is 212 g/mol. The van der Waals surface area contributed by atoms with Crippen LogP contribution in [0, 0.1) is 17.0 Å². The van der Waals surface area contributed by atoms with Crippen LogP contribution in [0.4, 0.5) is 8.78 Å². The van der Waals surface area contributed by atoms with Crippen molar-refractivity contribution in [2.45, 2.75) is 26.8 Å². The number of halogens is 2. The van der Waals surface area contributed by atoms with E-state index in [0.717, 1.165) is 12.1 Å². The van der Waals surface area contributed by atoms with Gasteiger partial charge in [0.2, 0.25) is 0 Å². The first-order valence-electron chi connectivity index (χ1n) is 4.98. The third-order valence-electron chi connectivity index (χ3n) is 2.42. The fourth-order valence-electron chi connectivity index (χ4n) is 1.22. The van der Waals surface area contributed by atoms with Crippen LogP contribution in [0.3, 0.4) is 0 Å². The Bertz CT molecular complexity index is 410. The molecule has 1 aromatic rings. The first-order valence-corrected chi connectivity index (χ1v) is 4.98. The summed E-state index contributed by atoms with van der Waals surface area (Å²) < 4.78 is 25.6. The summed E-state index contributed by atoms with van der Waals surface area (Å²) in [4.78, 5) is 11.8. The van der Waals surface area contributed by atoms with Gasteiger partial charge >= 0.3 is 0 Å². The zero-order valence-corrected chi connectivity index (χ0v) is 9.55. The van der Waals surface area contributed by atoms with Crippen LogP contribution in [0.2, 0.25) is 0 Å². The van der Waals surface area contributed by atoms with Gasteiger partial charge in [-0.1, -0.05) is 20.8 Å². The van der Waals surface area contributed by atoms with E-state index >= 15 is 0 Å². The Labute approximate surface area is 93.5 Å². The lowest BCUT2D eigenvalue weighted by molar-refractivity contribution is 0.0901. The molecule has 0 aromatic heterocycles. The highest BCUT2D eigenvalue weighted by atomic mass is 19.2. The molecule has 1 atom stereocenters. The quantitative estimate of drug-likeness (QED) is 0.789. The Morgan fingerprint density at radius 2 is 1.81 bits per heavy atom. The van der Waals surface area contributed by atoms with Gasteiger partial charge in [0.25, 0.3) is 0 Å². The number of hydrogen-bond donors (Lipinski definition) is 1. The summed E-state index contributed by atoms with van der Waals surface area (Å²) in [6.45, 7) is 5.44. The largest absolute Gasteiger partial charge is 0.321 e. The second kappa shape index (κ2) is 4.29. The van der Waals surface area contributed by atoms with Crippen LogP contribution in [0.25, 0.3) is 0 Å². The zero-order chi connectivity index (χ0) is 12.5. The van der Waals surface area contributed by atoms with Crippen LogP contribution < -0.4 is 5.73 Å². The molecule has 1 unspecified atom stereocenters. The van der Waals surface area contributed by atoms with Crippen molar-refractivity contribution in [1.29, 1.82) is 0 Å². The summed E-state index contributed by atoms with van der Waals surface area (Å²) in [7, 11) is 0. The molecular formula is C12H15F2NO. The van der Waals surface area contributed by atoms with E-state index in [2.05, 4.69) is 0 Å². The summed E-state index contributed by atoms with van der Waals surface area (Å²) in [6, 6.07) is 2.31. The molecule has 16 heavy (non-hydrogen) atoms. The second-order valence-electron chi connectivity index (χ2n) is 4.84. The Kier molecular flexibility index (Phi) is 3.43. The van der Waals surface area contributed by atoms with Gasteiger partial charge in [-0.25, -0.2) is 8.78 Å². The molecule has 0 aliphatic heterocycles. The highest BCUT2D eigenvalue weighted by Crippen LogP contribution is 2.21. The van der Waals surface area contributed by atoms with Crippen LogP contribution in [-0.4, -0.2) is 11.8 Å². The number of rotatable bonds is 2. The Morgan fingerprint density at radius 3 is 2.25 bits per heavy atom. The average Bonchev–Trinajstić information content (AvgIpc) is 2.18. The molecule has 4 heteroatoms. The molecule has 0 radical (unpaired) electrons. The van der Waals surface area contributed by atoms with Crippen LogP contribution in [0.1, 0.15) is 31.1 Å². The highest BCUT2D eigenvalue weighted by molar-refractivity contribution is 6.00. The van der Waals surface area contributed by atoms with Gasteiger partial charge in [0.1, 0.15) is 0 Å². The Balaban J connectivity index is 3.02. The van der Waals surface area contributed by atoms with Crippen molar-refractivity contribution < 1.29 is 13.6 Å². The number of nitrogens with two attached hydrogens (primary N) is 1. The van der Waals surface area contributed by atoms with Crippen LogP contribution in [0.15, 0.2) is 18.2 Å². The smallest absolute Gasteiger partial charge is 0.180 e. The summed E-state index contributed by atoms with van der Waals surface area (Å²) in [5.74, 6) is -2.39. The number of ketones is 1. The van der Waals surface area contributed by atoms with E-state index in [1.165, 1.54) is 6.07 Å². The van der Waals surface area contributed by atoms with Crippen molar-refractivity contribution in [2.24, 2.45) is 11.1 Å². The minimum absolute atomic E-state index is 0.0984. The van der Waals surface area contributed by atoms with E-state index in [4.69, 9.17) is 5.73 Å². The van der Waals surface area contributed by atoms with E-state index in [9.17, 15) is 13.6 Å². The number of carbonyl (C=O) groups is 1. The molecule has 1 rings (SSSR count). The van der Waals surface area contributed by atoms with Crippen molar-refractivity contribution in [3.63, 3.8) is 0 Å². The van der Waals surface area contributed by atoms with Gasteiger partial charge < -0.3 is 5.73 Å². The SMILES string of the molecule is CC(C)(C)C(N)C(=O)c1ccc(F)c(F)c1. The first kappa shape index (κ1) is 12.8. The fourth-order valence-corrected chi connectivity index (χ4v) is 1.22. The molecule has 0 heterocycles. The molecule has 0 amide bonds. The normalized spacial score (nSPS) is 13.6. The monoisotopic (exact) mass is 227 g/mol. The van der Waals surface area contributed by atoms with Crippen molar-refractivity contribution in [3.05, 3.63) is 35.4 Å². The van der Waals surface area contributed by atoms with E-state index in [1.807, 2.05) is 20.8 Å². The van der Waals surface area contributed by atoms with Gasteiger partial charge in [-0.05, 0) is 23.6 Å². The van der Waals surface area contributed by atoms with Gasteiger partial charge in [0, 0.05) is 5.56 Å². The zero-order valence-electron chi connectivity index (χ0n) is 9.55. The van der Waals surface area contributed by atoms with Crippen molar-refractivity contribution >= 4 is 5.78 Å². The van der Waals surface area contributed by atoms with Gasteiger partial charge in [0.05, 0.1) is 6.04 Å². The van der Waals surface area contributed by atoms with E-state index < -0.39 is 23.1 Å². The Morgan fingerprint density at radius 1 is 1.25 bits per heavy atom. The first-order chi connectivity index (χ1) is 7.23. The molecule has 1 aromatic carbocycles. The van der Waals surface area contributed by atoms with Gasteiger partial charge in [0.15, 0.2) is 17.4 Å². The van der Waals surface area contributed by atoms with Crippen molar-refractivity contribution in [2.75, 3.05) is 0 Å². The lowest BCUT2D eigenvalue weighted by Gasteiger charge is -2.25.